The fraction of sp³-hybridized carbons (Fsp3) is 0.522. The number of aromatic amines is 1. The molecule has 0 radical (unpaired) electrons. The van der Waals surface area contributed by atoms with Gasteiger partial charge in [0.1, 0.15) is 17.7 Å². The maximum absolute atomic E-state index is 13.2. The molecule has 3 atom stereocenters. The lowest BCUT2D eigenvalue weighted by atomic mass is 9.98. The second kappa shape index (κ2) is 10.3. The van der Waals surface area contributed by atoms with Crippen LogP contribution in [0.15, 0.2) is 30.5 Å². The number of rotatable bonds is 8. The Morgan fingerprint density at radius 3 is 2.42 bits per heavy atom. The highest BCUT2D eigenvalue weighted by Crippen LogP contribution is 2.20. The lowest BCUT2D eigenvalue weighted by molar-refractivity contribution is -0.146. The van der Waals surface area contributed by atoms with Crippen LogP contribution in [0.1, 0.15) is 46.6 Å². The number of hydrogen-bond donors (Lipinski definition) is 3. The summed E-state index contributed by atoms with van der Waals surface area (Å²) in [6.07, 6.45) is 2.01. The first-order valence-corrected chi connectivity index (χ1v) is 10.5. The number of ether oxygens (including phenoxy) is 2. The predicted octanol–water partition coefficient (Wildman–Crippen LogP) is 3.31. The Balaban J connectivity index is 2.28. The molecule has 1 aromatic heterocycles. The summed E-state index contributed by atoms with van der Waals surface area (Å²) in [5, 5.41) is 6.37. The number of nitrogens with one attached hydrogen (secondary N) is 3. The molecule has 8 heteroatoms. The molecule has 2 rings (SSSR count). The average Bonchev–Trinajstić information content (AvgIpc) is 3.11. The van der Waals surface area contributed by atoms with Crippen molar-refractivity contribution in [2.24, 2.45) is 5.92 Å². The van der Waals surface area contributed by atoms with E-state index in [1.165, 1.54) is 7.11 Å². The molecule has 3 N–H and O–H groups in total. The Hall–Kier alpha value is -3.03. The van der Waals surface area contributed by atoms with E-state index >= 15 is 0 Å². The molecule has 2 aromatic rings. The Bertz CT molecular complexity index is 915. The third kappa shape index (κ3) is 6.73. The van der Waals surface area contributed by atoms with Crippen molar-refractivity contribution in [3.63, 3.8) is 0 Å². The van der Waals surface area contributed by atoms with E-state index in [4.69, 9.17) is 9.47 Å². The Morgan fingerprint density at radius 2 is 1.81 bits per heavy atom. The van der Waals surface area contributed by atoms with E-state index in [0.717, 1.165) is 16.5 Å². The van der Waals surface area contributed by atoms with Gasteiger partial charge in [0, 0.05) is 23.5 Å². The van der Waals surface area contributed by atoms with Crippen LogP contribution >= 0.6 is 0 Å². The molecule has 1 heterocycles. The van der Waals surface area contributed by atoms with Crippen LogP contribution in [-0.4, -0.2) is 47.7 Å². The van der Waals surface area contributed by atoms with Gasteiger partial charge in [-0.3, -0.25) is 4.79 Å². The summed E-state index contributed by atoms with van der Waals surface area (Å²) in [7, 11) is 1.28. The molecule has 0 fully saturated rings. The Labute approximate surface area is 183 Å². The van der Waals surface area contributed by atoms with E-state index in [2.05, 4.69) is 15.6 Å². The fourth-order valence-electron chi connectivity index (χ4n) is 3.23. The molecule has 0 spiro atoms. The van der Waals surface area contributed by atoms with E-state index in [1.807, 2.05) is 44.3 Å². The van der Waals surface area contributed by atoms with Crippen molar-refractivity contribution in [2.75, 3.05) is 7.11 Å². The SMILES string of the molecule is CC[C@H](C)[C@H](NC(=O)[C@@H](Cc1c[nH]c2ccccc12)NC(=O)OC(C)(C)C)C(=O)OC. The smallest absolute Gasteiger partial charge is 0.408 e. The highest BCUT2D eigenvalue weighted by atomic mass is 16.6. The minimum atomic E-state index is -0.940. The number of H-pyrrole nitrogens is 1. The zero-order valence-electron chi connectivity index (χ0n) is 19.1. The zero-order chi connectivity index (χ0) is 23.2. The van der Waals surface area contributed by atoms with Gasteiger partial charge in [0.15, 0.2) is 0 Å². The summed E-state index contributed by atoms with van der Waals surface area (Å²) >= 11 is 0. The van der Waals surface area contributed by atoms with Gasteiger partial charge >= 0.3 is 12.1 Å². The van der Waals surface area contributed by atoms with E-state index in [9.17, 15) is 14.4 Å². The van der Waals surface area contributed by atoms with Gasteiger partial charge in [0.2, 0.25) is 5.91 Å². The van der Waals surface area contributed by atoms with Crippen molar-refractivity contribution in [3.05, 3.63) is 36.0 Å². The number of fused-ring (bicyclic) bond motifs is 1. The Kier molecular flexibility index (Phi) is 8.08. The van der Waals surface area contributed by atoms with Crippen molar-refractivity contribution in [1.82, 2.24) is 15.6 Å². The number of alkyl carbamates (subject to hydrolysis) is 1. The fourth-order valence-corrected chi connectivity index (χ4v) is 3.23. The third-order valence-corrected chi connectivity index (χ3v) is 5.07. The number of benzene rings is 1. The van der Waals surface area contributed by atoms with Crippen molar-refractivity contribution in [2.45, 2.75) is 65.1 Å². The lowest BCUT2D eigenvalue weighted by Gasteiger charge is -2.26. The van der Waals surface area contributed by atoms with Crippen LogP contribution in [0.4, 0.5) is 4.79 Å². The molecule has 0 saturated carbocycles. The minimum absolute atomic E-state index is 0.133. The number of para-hydroxylation sites is 1. The van der Waals surface area contributed by atoms with Crippen molar-refractivity contribution in [1.29, 1.82) is 0 Å². The molecule has 0 aliphatic heterocycles. The number of hydrogen-bond acceptors (Lipinski definition) is 5. The summed E-state index contributed by atoms with van der Waals surface area (Å²) < 4.78 is 10.2. The van der Waals surface area contributed by atoms with Crippen molar-refractivity contribution < 1.29 is 23.9 Å². The molecule has 0 bridgehead atoms. The molecule has 0 unspecified atom stereocenters. The van der Waals surface area contributed by atoms with Gasteiger partial charge in [0.05, 0.1) is 7.11 Å². The summed E-state index contributed by atoms with van der Waals surface area (Å²) in [6, 6.07) is 5.95. The number of amides is 2. The molecule has 170 valence electrons. The number of methoxy groups -OCH3 is 1. The molecule has 1 aromatic carbocycles. The van der Waals surface area contributed by atoms with Gasteiger partial charge in [-0.1, -0.05) is 38.5 Å². The molecular weight excluding hydrogens is 398 g/mol. The minimum Gasteiger partial charge on any atom is -0.467 e. The molecule has 2 amide bonds. The van der Waals surface area contributed by atoms with Crippen molar-refractivity contribution >= 4 is 28.9 Å². The summed E-state index contributed by atoms with van der Waals surface area (Å²) in [4.78, 5) is 41.0. The predicted molar refractivity (Wildman–Crippen MR) is 119 cm³/mol. The van der Waals surface area contributed by atoms with Crippen LogP contribution in [0.3, 0.4) is 0 Å². The number of esters is 1. The maximum Gasteiger partial charge on any atom is 0.408 e. The van der Waals surface area contributed by atoms with Gasteiger partial charge < -0.3 is 25.1 Å². The summed E-state index contributed by atoms with van der Waals surface area (Å²) in [5.74, 6) is -1.13. The molecule has 0 saturated heterocycles. The highest BCUT2D eigenvalue weighted by molar-refractivity contribution is 5.91. The van der Waals surface area contributed by atoms with E-state index in [-0.39, 0.29) is 12.3 Å². The number of carbonyl (C=O) groups is 3. The second-order valence-corrected chi connectivity index (χ2v) is 8.66. The number of carbonyl (C=O) groups excluding carboxylic acids is 3. The first-order valence-electron chi connectivity index (χ1n) is 10.5. The van der Waals surface area contributed by atoms with Crippen molar-refractivity contribution in [3.8, 4) is 0 Å². The van der Waals surface area contributed by atoms with Crippen LogP contribution < -0.4 is 10.6 Å². The summed E-state index contributed by atoms with van der Waals surface area (Å²) in [6.45, 7) is 9.03. The Morgan fingerprint density at radius 1 is 1.13 bits per heavy atom. The van der Waals surface area contributed by atoms with Crippen LogP contribution in [0, 0.1) is 5.92 Å². The summed E-state index contributed by atoms with van der Waals surface area (Å²) in [5.41, 5.74) is 1.09. The topological polar surface area (TPSA) is 110 Å². The molecular formula is C23H33N3O5. The van der Waals surface area contributed by atoms with Crippen LogP contribution in [0.25, 0.3) is 10.9 Å². The normalized spacial score (nSPS) is 14.4. The monoisotopic (exact) mass is 431 g/mol. The standard InChI is InChI=1S/C23H33N3O5/c1-7-14(2)19(21(28)30-6)26-20(27)18(25-22(29)31-23(3,4)5)12-15-13-24-17-11-9-8-10-16(15)17/h8-11,13-14,18-19,24H,7,12H2,1-6H3,(H,25,29)(H,26,27)/t14-,18+,19-/m0/s1. The zero-order valence-corrected chi connectivity index (χ0v) is 19.1. The van der Waals surface area contributed by atoms with E-state index in [0.29, 0.717) is 6.42 Å². The number of aromatic nitrogens is 1. The van der Waals surface area contributed by atoms with Crippen LogP contribution in [0.5, 0.6) is 0 Å². The van der Waals surface area contributed by atoms with Gasteiger partial charge in [-0.05, 0) is 38.3 Å². The average molecular weight is 432 g/mol. The highest BCUT2D eigenvalue weighted by Gasteiger charge is 2.31. The van der Waals surface area contributed by atoms with Gasteiger partial charge in [-0.2, -0.15) is 0 Å². The molecule has 0 aliphatic carbocycles. The molecule has 0 aliphatic rings. The molecule has 31 heavy (non-hydrogen) atoms. The van der Waals surface area contributed by atoms with E-state index < -0.39 is 35.7 Å². The maximum atomic E-state index is 13.2. The van der Waals surface area contributed by atoms with Crippen LogP contribution in [0.2, 0.25) is 0 Å². The quantitative estimate of drug-likeness (QED) is 0.556. The third-order valence-electron chi connectivity index (χ3n) is 5.07. The van der Waals surface area contributed by atoms with Gasteiger partial charge in [-0.15, -0.1) is 0 Å². The molecule has 8 nitrogen and oxygen atoms in total. The second-order valence-electron chi connectivity index (χ2n) is 8.66. The van der Waals surface area contributed by atoms with Crippen LogP contribution in [-0.2, 0) is 25.5 Å². The van der Waals surface area contributed by atoms with E-state index in [1.54, 1.807) is 20.8 Å². The lowest BCUT2D eigenvalue weighted by Crippen LogP contribution is -2.54. The van der Waals surface area contributed by atoms with Gasteiger partial charge in [0.25, 0.3) is 0 Å². The first kappa shape index (κ1) is 24.2. The first-order chi connectivity index (χ1) is 14.6. The largest absolute Gasteiger partial charge is 0.467 e. The van der Waals surface area contributed by atoms with Gasteiger partial charge in [-0.25, -0.2) is 9.59 Å².